The van der Waals surface area contributed by atoms with E-state index in [2.05, 4.69) is 10.1 Å². The van der Waals surface area contributed by atoms with Crippen LogP contribution in [0.2, 0.25) is 0 Å². The van der Waals surface area contributed by atoms with E-state index in [1.54, 1.807) is 22.9 Å². The maximum absolute atomic E-state index is 13.4. The predicted octanol–water partition coefficient (Wildman–Crippen LogP) is 4.67. The van der Waals surface area contributed by atoms with Crippen molar-refractivity contribution in [2.24, 2.45) is 0 Å². The maximum Gasteiger partial charge on any atom is 0.300 e. The van der Waals surface area contributed by atoms with Gasteiger partial charge in [-0.2, -0.15) is 19.7 Å². The molecule has 0 radical (unpaired) electrons. The zero-order chi connectivity index (χ0) is 27.8. The van der Waals surface area contributed by atoms with Crippen molar-refractivity contribution in [2.75, 3.05) is 0 Å². The number of thiazole rings is 1. The Kier molecular flexibility index (Phi) is 6.57. The smallest absolute Gasteiger partial charge is 0.300 e. The van der Waals surface area contributed by atoms with E-state index in [0.717, 1.165) is 39.5 Å². The molecule has 0 amide bonds. The fourth-order valence-corrected chi connectivity index (χ4v) is 5.34. The van der Waals surface area contributed by atoms with Gasteiger partial charge in [-0.25, -0.2) is 4.68 Å². The summed E-state index contributed by atoms with van der Waals surface area (Å²) in [7, 11) is 0. The van der Waals surface area contributed by atoms with E-state index in [9.17, 15) is 9.59 Å². The van der Waals surface area contributed by atoms with Crippen molar-refractivity contribution < 1.29 is 4.74 Å². The molecule has 6 aromatic rings. The number of para-hydroxylation sites is 1. The molecule has 3 aromatic heterocycles. The molecule has 0 saturated heterocycles. The minimum atomic E-state index is -0.476. The van der Waals surface area contributed by atoms with Crippen molar-refractivity contribution in [3.63, 3.8) is 0 Å². The normalized spacial score (nSPS) is 11.9. The maximum atomic E-state index is 13.4. The molecule has 0 N–H and O–H groups in total. The van der Waals surface area contributed by atoms with Crippen LogP contribution in [-0.2, 0) is 0 Å². The van der Waals surface area contributed by atoms with Gasteiger partial charge in [0, 0.05) is 22.9 Å². The summed E-state index contributed by atoms with van der Waals surface area (Å²) < 4.78 is 9.31. The highest BCUT2D eigenvalue weighted by atomic mass is 32.1. The molecule has 9 heteroatoms. The number of hydrogen-bond donors (Lipinski definition) is 0. The van der Waals surface area contributed by atoms with Crippen molar-refractivity contribution in [1.29, 1.82) is 0 Å². The minimum absolute atomic E-state index is 0.0610. The molecule has 3 aromatic carbocycles. The van der Waals surface area contributed by atoms with Crippen molar-refractivity contribution >= 4 is 22.4 Å². The van der Waals surface area contributed by atoms with E-state index < -0.39 is 5.56 Å². The second kappa shape index (κ2) is 10.3. The van der Waals surface area contributed by atoms with Crippen LogP contribution in [0.5, 0.6) is 5.75 Å². The predicted molar refractivity (Wildman–Crippen MR) is 157 cm³/mol. The summed E-state index contributed by atoms with van der Waals surface area (Å²) in [5.74, 6) is 0.814. The number of fused-ring (bicyclic) bond motifs is 1. The summed E-state index contributed by atoms with van der Waals surface area (Å²) in [6.45, 7) is 5.99. The number of hydrogen-bond acceptors (Lipinski definition) is 7. The lowest BCUT2D eigenvalue weighted by Gasteiger charge is -2.13. The highest BCUT2D eigenvalue weighted by Gasteiger charge is 2.16. The molecule has 6 rings (SSSR count). The molecule has 0 saturated carbocycles. The van der Waals surface area contributed by atoms with Gasteiger partial charge in [-0.05, 0) is 62.7 Å². The number of rotatable bonds is 6. The first-order chi connectivity index (χ1) is 19.4. The number of benzene rings is 3. The largest absolute Gasteiger partial charge is 0.491 e. The van der Waals surface area contributed by atoms with Gasteiger partial charge < -0.3 is 4.74 Å². The van der Waals surface area contributed by atoms with Gasteiger partial charge in [-0.1, -0.05) is 59.9 Å². The Morgan fingerprint density at radius 3 is 2.30 bits per heavy atom. The Balaban J connectivity index is 1.52. The summed E-state index contributed by atoms with van der Waals surface area (Å²) in [4.78, 5) is 30.6. The molecule has 0 aliphatic rings. The Hall–Kier alpha value is -4.89. The molecule has 198 valence electrons. The lowest BCUT2D eigenvalue weighted by molar-refractivity contribution is 0.241. The highest BCUT2D eigenvalue weighted by Crippen LogP contribution is 2.29. The number of aryl methyl sites for hydroxylation is 1. The van der Waals surface area contributed by atoms with Gasteiger partial charge in [0.05, 0.1) is 16.3 Å². The fraction of sp³-hybridized carbons (Fsp3) is 0.129. The average Bonchev–Trinajstić information content (AvgIpc) is 3.51. The van der Waals surface area contributed by atoms with E-state index in [-0.39, 0.29) is 22.3 Å². The first-order valence-electron chi connectivity index (χ1n) is 12.8. The fourth-order valence-electron chi connectivity index (χ4n) is 4.44. The highest BCUT2D eigenvalue weighted by molar-refractivity contribution is 7.15. The molecule has 40 heavy (non-hydrogen) atoms. The van der Waals surface area contributed by atoms with Gasteiger partial charge in [-0.15, -0.1) is 0 Å². The van der Waals surface area contributed by atoms with Crippen molar-refractivity contribution in [3.05, 3.63) is 121 Å². The molecule has 0 atom stereocenters. The molecule has 3 heterocycles. The van der Waals surface area contributed by atoms with Crippen LogP contribution in [0, 0.1) is 6.92 Å². The summed E-state index contributed by atoms with van der Waals surface area (Å²) in [6, 6.07) is 24.7. The van der Waals surface area contributed by atoms with Gasteiger partial charge in [-0.3, -0.25) is 9.59 Å². The quantitative estimate of drug-likeness (QED) is 0.301. The van der Waals surface area contributed by atoms with E-state index in [4.69, 9.17) is 9.84 Å². The third-order valence-corrected chi connectivity index (χ3v) is 7.25. The average molecular weight is 548 g/mol. The summed E-state index contributed by atoms with van der Waals surface area (Å²) >= 11 is 1.12. The summed E-state index contributed by atoms with van der Waals surface area (Å²) in [5, 5.41) is 9.26. The van der Waals surface area contributed by atoms with E-state index in [0.29, 0.717) is 15.8 Å². The first-order valence-corrected chi connectivity index (χ1v) is 13.6. The Bertz CT molecular complexity index is 2010. The number of ether oxygens (including phenoxy) is 1. The van der Waals surface area contributed by atoms with Crippen LogP contribution in [-0.4, -0.2) is 30.5 Å². The van der Waals surface area contributed by atoms with Crippen LogP contribution < -0.4 is 20.4 Å². The van der Waals surface area contributed by atoms with Crippen LogP contribution >= 0.6 is 11.3 Å². The van der Waals surface area contributed by atoms with Crippen LogP contribution in [0.3, 0.4) is 0 Å². The van der Waals surface area contributed by atoms with Crippen LogP contribution in [0.15, 0.2) is 94.6 Å². The van der Waals surface area contributed by atoms with E-state index in [1.165, 1.54) is 4.52 Å². The molecule has 0 spiro atoms. The van der Waals surface area contributed by atoms with Gasteiger partial charge in [0.1, 0.15) is 11.4 Å². The summed E-state index contributed by atoms with van der Waals surface area (Å²) in [5.41, 5.74) is 4.14. The standard InChI is InChI=1S/C31H25N5O3S/c1-19(2)39-25-15-14-22(16-20(25)3)27-23(18-35(33-27)24-12-8-5-9-13-24)17-26-30(38)36-31(40-26)32-29(37)28(34-36)21-10-6-4-7-11-21/h4-19H,1-3H3/b26-17+. The molecule has 8 nitrogen and oxygen atoms in total. The van der Waals surface area contributed by atoms with Gasteiger partial charge in [0.2, 0.25) is 4.96 Å². The SMILES string of the molecule is Cc1cc(-c2nn(-c3ccccc3)cc2/C=c2/sc3nc(=O)c(-c4ccccc4)nn3c2=O)ccc1OC(C)C. The van der Waals surface area contributed by atoms with Gasteiger partial charge >= 0.3 is 5.56 Å². The molecule has 0 aliphatic carbocycles. The summed E-state index contributed by atoms with van der Waals surface area (Å²) in [6.07, 6.45) is 3.74. The molecule has 0 unspecified atom stereocenters. The molecular weight excluding hydrogens is 522 g/mol. The number of nitrogens with zero attached hydrogens (tertiary/aromatic N) is 5. The minimum Gasteiger partial charge on any atom is -0.491 e. The molecule has 0 aliphatic heterocycles. The monoisotopic (exact) mass is 547 g/mol. The first kappa shape index (κ1) is 25.4. The van der Waals surface area contributed by atoms with E-state index >= 15 is 0 Å². The van der Waals surface area contributed by atoms with E-state index in [1.807, 2.05) is 93.7 Å². The molecule has 0 fully saturated rings. The second-order valence-corrected chi connectivity index (χ2v) is 10.6. The Labute approximate surface area is 233 Å². The van der Waals surface area contributed by atoms with Crippen molar-refractivity contribution in [3.8, 4) is 34.0 Å². The van der Waals surface area contributed by atoms with Crippen LogP contribution in [0.1, 0.15) is 25.0 Å². The third-order valence-electron chi connectivity index (χ3n) is 6.29. The van der Waals surface area contributed by atoms with Crippen molar-refractivity contribution in [1.82, 2.24) is 24.4 Å². The van der Waals surface area contributed by atoms with Gasteiger partial charge in [0.25, 0.3) is 5.56 Å². The second-order valence-electron chi connectivity index (χ2n) is 9.60. The lowest BCUT2D eigenvalue weighted by Crippen LogP contribution is -2.26. The van der Waals surface area contributed by atoms with Crippen molar-refractivity contribution in [2.45, 2.75) is 26.9 Å². The zero-order valence-corrected chi connectivity index (χ0v) is 22.9. The lowest BCUT2D eigenvalue weighted by atomic mass is 10.0. The molecule has 0 bridgehead atoms. The molecular formula is C31H25N5O3S. The Morgan fingerprint density at radius 1 is 0.875 bits per heavy atom. The van der Waals surface area contributed by atoms with Crippen LogP contribution in [0.25, 0.3) is 39.2 Å². The third kappa shape index (κ3) is 4.83. The number of aromatic nitrogens is 5. The topological polar surface area (TPSA) is 91.4 Å². The van der Waals surface area contributed by atoms with Crippen LogP contribution in [0.4, 0.5) is 0 Å². The van der Waals surface area contributed by atoms with Gasteiger partial charge in [0.15, 0.2) is 5.69 Å². The zero-order valence-electron chi connectivity index (χ0n) is 22.1. The Morgan fingerprint density at radius 2 is 1.60 bits per heavy atom.